The highest BCUT2D eigenvalue weighted by molar-refractivity contribution is 6.11. The molecule has 0 aliphatic carbocycles. The summed E-state index contributed by atoms with van der Waals surface area (Å²) in [6, 6.07) is 8.66. The highest BCUT2D eigenvalue weighted by Gasteiger charge is 2.12. The van der Waals surface area contributed by atoms with Gasteiger partial charge in [0.2, 0.25) is 0 Å². The second kappa shape index (κ2) is 3.98. The molecule has 0 saturated heterocycles. The van der Waals surface area contributed by atoms with Crippen LogP contribution in [0.3, 0.4) is 0 Å². The normalized spacial score (nSPS) is 10.0. The summed E-state index contributed by atoms with van der Waals surface area (Å²) >= 11 is 0. The predicted octanol–water partition coefficient (Wildman–Crippen LogP) is 0.583. The lowest BCUT2D eigenvalue weighted by Crippen LogP contribution is -2.16. The van der Waals surface area contributed by atoms with Gasteiger partial charge in [-0.3, -0.25) is 9.78 Å². The first kappa shape index (κ1) is 10.1. The number of nitrogen functional groups attached to an aromatic ring is 1. The van der Waals surface area contributed by atoms with Crippen LogP contribution >= 0.6 is 0 Å². The number of carbonyl (C=O) groups excluding carboxylic acids is 1. The fourth-order valence-electron chi connectivity index (χ4n) is 1.33. The maximum absolute atomic E-state index is 11.9. The van der Waals surface area contributed by atoms with Crippen molar-refractivity contribution in [1.82, 2.24) is 9.97 Å². The highest BCUT2D eigenvalue weighted by atomic mass is 16.1. The number of hydrogen-bond donors (Lipinski definition) is 2. The van der Waals surface area contributed by atoms with Crippen molar-refractivity contribution < 1.29 is 4.79 Å². The summed E-state index contributed by atoms with van der Waals surface area (Å²) in [4.78, 5) is 28.5. The summed E-state index contributed by atoms with van der Waals surface area (Å²) in [6.45, 7) is 0. The average molecular weight is 215 g/mol. The summed E-state index contributed by atoms with van der Waals surface area (Å²) in [5.41, 5.74) is 5.68. The zero-order valence-corrected chi connectivity index (χ0v) is 8.31. The predicted molar refractivity (Wildman–Crippen MR) is 59.1 cm³/mol. The molecule has 16 heavy (non-hydrogen) atoms. The van der Waals surface area contributed by atoms with E-state index in [0.717, 1.165) is 0 Å². The number of aromatic amines is 1. The van der Waals surface area contributed by atoms with Gasteiger partial charge in [0.05, 0.1) is 5.56 Å². The summed E-state index contributed by atoms with van der Waals surface area (Å²) in [5.74, 6) is -0.226. The Hall–Kier alpha value is -2.43. The molecule has 80 valence electrons. The third-order valence-corrected chi connectivity index (χ3v) is 2.12. The Morgan fingerprint density at radius 3 is 2.56 bits per heavy atom. The topological polar surface area (TPSA) is 88.8 Å². The molecular weight excluding hydrogens is 206 g/mol. The maximum Gasteiger partial charge on any atom is 0.346 e. The van der Waals surface area contributed by atoms with E-state index in [-0.39, 0.29) is 17.2 Å². The molecule has 0 bridgehead atoms. The standard InChI is InChI=1S/C11H9N3O2/c12-10-8(6-13-11(16)14-10)9(15)7-4-2-1-3-5-7/h1-6H,(H3,12,13,14,16). The van der Waals surface area contributed by atoms with Crippen LogP contribution in [0, 0.1) is 0 Å². The number of nitrogens with two attached hydrogens (primary N) is 1. The Balaban J connectivity index is 2.46. The molecule has 1 aromatic heterocycles. The Labute approximate surface area is 91.0 Å². The van der Waals surface area contributed by atoms with E-state index in [9.17, 15) is 9.59 Å². The van der Waals surface area contributed by atoms with Crippen molar-refractivity contribution in [1.29, 1.82) is 0 Å². The van der Waals surface area contributed by atoms with Crippen molar-refractivity contribution in [2.45, 2.75) is 0 Å². The second-order valence-electron chi connectivity index (χ2n) is 3.21. The number of ketones is 1. The first-order valence-electron chi connectivity index (χ1n) is 4.63. The van der Waals surface area contributed by atoms with Crippen LogP contribution in [0.1, 0.15) is 15.9 Å². The number of nitrogens with zero attached hydrogens (tertiary/aromatic N) is 1. The van der Waals surface area contributed by atoms with E-state index in [0.29, 0.717) is 5.56 Å². The molecule has 2 aromatic rings. The van der Waals surface area contributed by atoms with Crippen molar-refractivity contribution in [2.75, 3.05) is 5.73 Å². The van der Waals surface area contributed by atoms with Gasteiger partial charge in [0.25, 0.3) is 0 Å². The van der Waals surface area contributed by atoms with E-state index >= 15 is 0 Å². The van der Waals surface area contributed by atoms with Gasteiger partial charge in [-0.25, -0.2) is 9.78 Å². The second-order valence-corrected chi connectivity index (χ2v) is 3.21. The molecule has 5 heteroatoms. The lowest BCUT2D eigenvalue weighted by molar-refractivity contribution is 0.103. The van der Waals surface area contributed by atoms with E-state index in [1.54, 1.807) is 24.3 Å². The monoisotopic (exact) mass is 215 g/mol. The minimum absolute atomic E-state index is 0.0360. The third kappa shape index (κ3) is 1.83. The van der Waals surface area contributed by atoms with Gasteiger partial charge in [0, 0.05) is 11.8 Å². The van der Waals surface area contributed by atoms with E-state index in [1.165, 1.54) is 6.20 Å². The summed E-state index contributed by atoms with van der Waals surface area (Å²) in [6.07, 6.45) is 1.18. The van der Waals surface area contributed by atoms with Gasteiger partial charge in [-0.1, -0.05) is 30.3 Å². The van der Waals surface area contributed by atoms with Crippen molar-refractivity contribution in [3.8, 4) is 0 Å². The van der Waals surface area contributed by atoms with Gasteiger partial charge < -0.3 is 5.73 Å². The molecule has 1 heterocycles. The van der Waals surface area contributed by atoms with Crippen LogP contribution in [0.15, 0.2) is 41.3 Å². The van der Waals surface area contributed by atoms with Gasteiger partial charge >= 0.3 is 5.69 Å². The van der Waals surface area contributed by atoms with Crippen LogP contribution < -0.4 is 11.4 Å². The zero-order valence-electron chi connectivity index (χ0n) is 8.31. The fraction of sp³-hybridized carbons (Fsp3) is 0. The smallest absolute Gasteiger partial charge is 0.346 e. The SMILES string of the molecule is Nc1[nH]c(=O)ncc1C(=O)c1ccccc1. The highest BCUT2D eigenvalue weighted by Crippen LogP contribution is 2.11. The van der Waals surface area contributed by atoms with Crippen LogP contribution in [0.4, 0.5) is 5.82 Å². The first-order chi connectivity index (χ1) is 7.68. The van der Waals surface area contributed by atoms with Crippen molar-refractivity contribution >= 4 is 11.6 Å². The number of hydrogen-bond acceptors (Lipinski definition) is 4. The van der Waals surface area contributed by atoms with E-state index in [1.807, 2.05) is 6.07 Å². The molecule has 0 aliphatic heterocycles. The van der Waals surface area contributed by atoms with E-state index in [4.69, 9.17) is 5.73 Å². The molecule has 0 fully saturated rings. The van der Waals surface area contributed by atoms with Crippen molar-refractivity contribution in [2.24, 2.45) is 0 Å². The van der Waals surface area contributed by atoms with Crippen LogP contribution in [-0.2, 0) is 0 Å². The fourth-order valence-corrected chi connectivity index (χ4v) is 1.33. The minimum Gasteiger partial charge on any atom is -0.384 e. The first-order valence-corrected chi connectivity index (χ1v) is 4.63. The van der Waals surface area contributed by atoms with Crippen LogP contribution in [-0.4, -0.2) is 15.8 Å². The Kier molecular flexibility index (Phi) is 2.51. The third-order valence-electron chi connectivity index (χ3n) is 2.12. The van der Waals surface area contributed by atoms with E-state index in [2.05, 4.69) is 9.97 Å². The molecule has 5 nitrogen and oxygen atoms in total. The molecule has 0 spiro atoms. The number of aromatic nitrogens is 2. The molecule has 0 saturated carbocycles. The Morgan fingerprint density at radius 1 is 1.25 bits per heavy atom. The van der Waals surface area contributed by atoms with Gasteiger partial charge in [0.15, 0.2) is 5.78 Å². The molecule has 1 aromatic carbocycles. The lowest BCUT2D eigenvalue weighted by Gasteiger charge is -2.02. The lowest BCUT2D eigenvalue weighted by atomic mass is 10.1. The molecule has 0 amide bonds. The number of anilines is 1. The van der Waals surface area contributed by atoms with Gasteiger partial charge in [-0.2, -0.15) is 0 Å². The molecule has 2 rings (SSSR count). The Bertz CT molecular complexity index is 575. The molecule has 0 radical (unpaired) electrons. The quantitative estimate of drug-likeness (QED) is 0.717. The van der Waals surface area contributed by atoms with Crippen LogP contribution in [0.25, 0.3) is 0 Å². The maximum atomic E-state index is 11.9. The molecule has 0 atom stereocenters. The largest absolute Gasteiger partial charge is 0.384 e. The van der Waals surface area contributed by atoms with Crippen LogP contribution in [0.5, 0.6) is 0 Å². The van der Waals surface area contributed by atoms with Gasteiger partial charge in [-0.15, -0.1) is 0 Å². The van der Waals surface area contributed by atoms with E-state index < -0.39 is 5.69 Å². The summed E-state index contributed by atoms with van der Waals surface area (Å²) in [5, 5.41) is 0. The zero-order chi connectivity index (χ0) is 11.5. The number of nitrogens with one attached hydrogen (secondary N) is 1. The number of H-pyrrole nitrogens is 1. The molecule has 0 aliphatic rings. The molecular formula is C11H9N3O2. The van der Waals surface area contributed by atoms with Crippen LogP contribution in [0.2, 0.25) is 0 Å². The van der Waals surface area contributed by atoms with Gasteiger partial charge in [-0.05, 0) is 0 Å². The Morgan fingerprint density at radius 2 is 1.94 bits per heavy atom. The van der Waals surface area contributed by atoms with Gasteiger partial charge in [0.1, 0.15) is 5.82 Å². The molecule has 3 N–H and O–H groups in total. The number of carbonyl (C=O) groups is 1. The minimum atomic E-state index is -0.567. The van der Waals surface area contributed by atoms with Crippen molar-refractivity contribution in [3.63, 3.8) is 0 Å². The average Bonchev–Trinajstić information content (AvgIpc) is 2.29. The molecule has 0 unspecified atom stereocenters. The summed E-state index contributed by atoms with van der Waals surface area (Å²) < 4.78 is 0. The van der Waals surface area contributed by atoms with Crippen molar-refractivity contribution in [3.05, 3.63) is 58.1 Å². The summed E-state index contributed by atoms with van der Waals surface area (Å²) in [7, 11) is 0. The number of rotatable bonds is 2. The number of benzene rings is 1.